The number of carbonyl (C=O) groups excluding carboxylic acids is 1. The molecule has 0 unspecified atom stereocenters. The van der Waals surface area contributed by atoms with Crippen molar-refractivity contribution in [3.63, 3.8) is 0 Å². The Kier molecular flexibility index (Phi) is 4.33. The van der Waals surface area contributed by atoms with Gasteiger partial charge in [0.05, 0.1) is 5.52 Å². The van der Waals surface area contributed by atoms with Crippen molar-refractivity contribution < 1.29 is 4.79 Å². The maximum atomic E-state index is 12.2. The molecule has 1 heterocycles. The van der Waals surface area contributed by atoms with Gasteiger partial charge in [-0.05, 0) is 32.1 Å². The predicted octanol–water partition coefficient (Wildman–Crippen LogP) is 2.71. The third-order valence-corrected chi connectivity index (χ3v) is 3.24. The van der Waals surface area contributed by atoms with Crippen molar-refractivity contribution in [3.05, 3.63) is 36.0 Å². The van der Waals surface area contributed by atoms with Crippen LogP contribution in [0.1, 0.15) is 23.2 Å². The molecule has 1 aromatic heterocycles. The van der Waals surface area contributed by atoms with Gasteiger partial charge in [0.25, 0.3) is 0 Å². The van der Waals surface area contributed by atoms with Gasteiger partial charge in [-0.1, -0.05) is 12.1 Å². The molecule has 0 bridgehead atoms. The second kappa shape index (κ2) is 5.98. The highest BCUT2D eigenvalue weighted by Gasteiger charge is 2.11. The molecule has 0 fully saturated rings. The van der Waals surface area contributed by atoms with E-state index >= 15 is 0 Å². The molecule has 0 spiro atoms. The Morgan fingerprint density at radius 1 is 1.39 bits per heavy atom. The summed E-state index contributed by atoms with van der Waals surface area (Å²) in [6, 6.07) is 7.50. The maximum Gasteiger partial charge on any atom is 0.163 e. The minimum atomic E-state index is 0.164. The van der Waals surface area contributed by atoms with Crippen molar-refractivity contribution >= 4 is 29.3 Å². The monoisotopic (exact) mass is 260 g/mol. The van der Waals surface area contributed by atoms with Gasteiger partial charge in [0, 0.05) is 28.5 Å². The van der Waals surface area contributed by atoms with Crippen LogP contribution in [0.25, 0.3) is 10.9 Å². The number of carbonyl (C=O) groups is 1. The van der Waals surface area contributed by atoms with E-state index in [4.69, 9.17) is 0 Å². The molecule has 0 saturated carbocycles. The number of pyridine rings is 1. The van der Waals surface area contributed by atoms with Crippen LogP contribution in [-0.2, 0) is 0 Å². The van der Waals surface area contributed by atoms with Crippen molar-refractivity contribution in [2.24, 2.45) is 0 Å². The fraction of sp³-hybridized carbons (Fsp3) is 0.286. The van der Waals surface area contributed by atoms with Crippen LogP contribution in [0.15, 0.2) is 35.4 Å². The van der Waals surface area contributed by atoms with Crippen LogP contribution < -0.4 is 5.32 Å². The Morgan fingerprint density at radius 2 is 2.22 bits per heavy atom. The van der Waals surface area contributed by atoms with Crippen molar-refractivity contribution in [2.45, 2.75) is 17.7 Å². The lowest BCUT2D eigenvalue weighted by atomic mass is 10.0. The fourth-order valence-corrected chi connectivity index (χ4v) is 2.23. The quantitative estimate of drug-likeness (QED) is 0.493. The first-order chi connectivity index (χ1) is 8.74. The molecule has 2 rings (SSSR count). The number of para-hydroxylation sites is 1. The summed E-state index contributed by atoms with van der Waals surface area (Å²) in [4.78, 5) is 17.2. The normalized spacial score (nSPS) is 10.8. The van der Waals surface area contributed by atoms with Gasteiger partial charge in [-0.15, -0.1) is 12.6 Å². The van der Waals surface area contributed by atoms with Gasteiger partial charge in [0.15, 0.2) is 5.78 Å². The zero-order chi connectivity index (χ0) is 13.0. The highest BCUT2D eigenvalue weighted by molar-refractivity contribution is 7.80. The summed E-state index contributed by atoms with van der Waals surface area (Å²) in [5.41, 5.74) is 1.53. The minimum absolute atomic E-state index is 0.164. The smallest absolute Gasteiger partial charge is 0.163 e. The largest absolute Gasteiger partial charge is 0.320 e. The van der Waals surface area contributed by atoms with Crippen LogP contribution in [0.2, 0.25) is 0 Å². The number of nitrogens with zero attached hydrogens (tertiary/aromatic N) is 1. The number of aromatic nitrogens is 1. The number of fused-ring (bicyclic) bond motifs is 1. The minimum Gasteiger partial charge on any atom is -0.320 e. The second-order valence-corrected chi connectivity index (χ2v) is 4.64. The van der Waals surface area contributed by atoms with Crippen molar-refractivity contribution in [3.8, 4) is 0 Å². The number of benzene rings is 1. The zero-order valence-corrected chi connectivity index (χ0v) is 11.2. The third-order valence-electron chi connectivity index (χ3n) is 2.88. The van der Waals surface area contributed by atoms with Gasteiger partial charge in [-0.25, -0.2) is 0 Å². The molecule has 4 heteroatoms. The number of rotatable bonds is 5. The Morgan fingerprint density at radius 3 is 3.00 bits per heavy atom. The molecular formula is C14H16N2OS. The molecule has 3 nitrogen and oxygen atoms in total. The molecule has 18 heavy (non-hydrogen) atoms. The molecule has 0 aliphatic heterocycles. The molecule has 1 N–H and O–H groups in total. The molecule has 94 valence electrons. The summed E-state index contributed by atoms with van der Waals surface area (Å²) in [5.74, 6) is 0.164. The fourth-order valence-electron chi connectivity index (χ4n) is 1.96. The van der Waals surface area contributed by atoms with E-state index in [1.807, 2.05) is 25.2 Å². The summed E-state index contributed by atoms with van der Waals surface area (Å²) in [6.45, 7) is 0.854. The van der Waals surface area contributed by atoms with E-state index in [0.717, 1.165) is 34.3 Å². The van der Waals surface area contributed by atoms with Crippen LogP contribution in [0, 0.1) is 0 Å². The maximum absolute atomic E-state index is 12.2. The molecule has 0 aliphatic carbocycles. The average Bonchev–Trinajstić information content (AvgIpc) is 2.39. The van der Waals surface area contributed by atoms with Gasteiger partial charge in [-0.3, -0.25) is 9.78 Å². The Balaban J connectivity index is 2.33. The predicted molar refractivity (Wildman–Crippen MR) is 76.5 cm³/mol. The molecule has 0 aliphatic rings. The van der Waals surface area contributed by atoms with Crippen LogP contribution in [0.5, 0.6) is 0 Å². The van der Waals surface area contributed by atoms with E-state index in [1.54, 1.807) is 12.3 Å². The van der Waals surface area contributed by atoms with E-state index in [1.165, 1.54) is 0 Å². The Labute approximate surface area is 112 Å². The number of ketones is 1. The van der Waals surface area contributed by atoms with Gasteiger partial charge in [-0.2, -0.15) is 0 Å². The lowest BCUT2D eigenvalue weighted by Crippen LogP contribution is -2.10. The summed E-state index contributed by atoms with van der Waals surface area (Å²) < 4.78 is 0. The molecular weight excluding hydrogens is 244 g/mol. The summed E-state index contributed by atoms with van der Waals surface area (Å²) >= 11 is 4.37. The van der Waals surface area contributed by atoms with E-state index in [9.17, 15) is 4.79 Å². The molecule has 2 aromatic rings. The first kappa shape index (κ1) is 13.1. The Bertz CT molecular complexity index is 569. The van der Waals surface area contributed by atoms with Crippen LogP contribution in [0.3, 0.4) is 0 Å². The summed E-state index contributed by atoms with van der Waals surface area (Å²) in [6.07, 6.45) is 3.07. The van der Waals surface area contributed by atoms with Crippen LogP contribution in [0.4, 0.5) is 0 Å². The van der Waals surface area contributed by atoms with Crippen LogP contribution in [-0.4, -0.2) is 24.4 Å². The number of hydrogen-bond donors (Lipinski definition) is 2. The highest BCUT2D eigenvalue weighted by Crippen LogP contribution is 2.23. The van der Waals surface area contributed by atoms with Gasteiger partial charge >= 0.3 is 0 Å². The number of Topliss-reactive ketones (excluding diaryl/α,β-unsaturated/α-hetero) is 1. The topological polar surface area (TPSA) is 42.0 Å². The first-order valence-electron chi connectivity index (χ1n) is 5.98. The lowest BCUT2D eigenvalue weighted by Gasteiger charge is -2.06. The SMILES string of the molecule is CNCCCC(=O)c1ccnc2c(S)cccc12. The van der Waals surface area contributed by atoms with Gasteiger partial charge < -0.3 is 5.32 Å². The van der Waals surface area contributed by atoms with E-state index in [0.29, 0.717) is 6.42 Å². The highest BCUT2D eigenvalue weighted by atomic mass is 32.1. The zero-order valence-electron chi connectivity index (χ0n) is 10.3. The van der Waals surface area contributed by atoms with Crippen molar-refractivity contribution in [2.75, 3.05) is 13.6 Å². The molecule has 0 radical (unpaired) electrons. The van der Waals surface area contributed by atoms with E-state index in [2.05, 4.69) is 22.9 Å². The average molecular weight is 260 g/mol. The van der Waals surface area contributed by atoms with Crippen LogP contribution >= 0.6 is 12.6 Å². The molecule has 0 atom stereocenters. The lowest BCUT2D eigenvalue weighted by molar-refractivity contribution is 0.0981. The number of nitrogens with one attached hydrogen (secondary N) is 1. The molecule has 0 amide bonds. The second-order valence-electron chi connectivity index (χ2n) is 4.16. The molecule has 1 aromatic carbocycles. The third kappa shape index (κ3) is 2.71. The summed E-state index contributed by atoms with van der Waals surface area (Å²) in [7, 11) is 1.89. The Hall–Kier alpha value is -1.39. The van der Waals surface area contributed by atoms with Crippen molar-refractivity contribution in [1.29, 1.82) is 0 Å². The van der Waals surface area contributed by atoms with E-state index < -0.39 is 0 Å². The molecule has 0 saturated heterocycles. The first-order valence-corrected chi connectivity index (χ1v) is 6.43. The standard InChI is InChI=1S/C14H16N2OS/c1-15-8-3-5-12(17)10-7-9-16-14-11(10)4-2-6-13(14)18/h2,4,6-7,9,15,18H,3,5,8H2,1H3. The van der Waals surface area contributed by atoms with Gasteiger partial charge in [0.1, 0.15) is 0 Å². The van der Waals surface area contributed by atoms with E-state index in [-0.39, 0.29) is 5.78 Å². The number of hydrogen-bond acceptors (Lipinski definition) is 4. The van der Waals surface area contributed by atoms with Gasteiger partial charge in [0.2, 0.25) is 0 Å². The summed E-state index contributed by atoms with van der Waals surface area (Å²) in [5, 5.41) is 3.93. The number of thiol groups is 1. The van der Waals surface area contributed by atoms with Crippen molar-refractivity contribution in [1.82, 2.24) is 10.3 Å².